The van der Waals surface area contributed by atoms with Gasteiger partial charge in [-0.15, -0.1) is 0 Å². The van der Waals surface area contributed by atoms with Gasteiger partial charge in [-0.2, -0.15) is 0 Å². The smallest absolute Gasteiger partial charge is 0.253 e. The number of nitrogens with one attached hydrogen (secondary N) is 1. The number of amides is 2. The second kappa shape index (κ2) is 10.7. The Kier molecular flexibility index (Phi) is 8.07. The number of rotatable bonds is 7. The number of carbonyl (C=O) groups is 2. The number of hydrogen-bond donors (Lipinski definition) is 1. The number of carbonyl (C=O) groups excluding carboxylic acids is 2. The summed E-state index contributed by atoms with van der Waals surface area (Å²) in [5.41, 5.74) is 2.93. The fraction of sp³-hybridized carbons (Fsp3) is 0.652. The second-order valence-electron chi connectivity index (χ2n) is 8.45. The molecule has 29 heavy (non-hydrogen) atoms. The first-order chi connectivity index (χ1) is 14.0. The first-order valence-electron chi connectivity index (χ1n) is 11.1. The van der Waals surface area contributed by atoms with Crippen LogP contribution in [0.25, 0.3) is 0 Å². The van der Waals surface area contributed by atoms with Crippen LogP contribution in [0.4, 0.5) is 0 Å². The maximum Gasteiger partial charge on any atom is 0.253 e. The highest BCUT2D eigenvalue weighted by molar-refractivity contribution is 5.95. The van der Waals surface area contributed by atoms with Gasteiger partial charge in [0, 0.05) is 57.8 Å². The largest absolute Gasteiger partial charge is 0.340 e. The number of hydrogen-bond acceptors (Lipinski definition) is 4. The predicted molar refractivity (Wildman–Crippen MR) is 116 cm³/mol. The van der Waals surface area contributed by atoms with Crippen molar-refractivity contribution in [3.8, 4) is 0 Å². The fourth-order valence-electron chi connectivity index (χ4n) is 4.34. The van der Waals surface area contributed by atoms with Crippen LogP contribution < -0.4 is 5.32 Å². The molecular formula is C23H36N4O2. The minimum absolute atomic E-state index is 0.0434. The molecule has 2 amide bonds. The van der Waals surface area contributed by atoms with Gasteiger partial charge in [0.1, 0.15) is 0 Å². The summed E-state index contributed by atoms with van der Waals surface area (Å²) in [7, 11) is 0. The highest BCUT2D eigenvalue weighted by Crippen LogP contribution is 2.14. The van der Waals surface area contributed by atoms with Gasteiger partial charge >= 0.3 is 0 Å². The molecule has 1 aromatic rings. The molecule has 2 fully saturated rings. The summed E-state index contributed by atoms with van der Waals surface area (Å²) in [6.45, 7) is 11.6. The van der Waals surface area contributed by atoms with Gasteiger partial charge in [-0.3, -0.25) is 9.59 Å². The lowest BCUT2D eigenvalue weighted by atomic mass is 10.1. The minimum atomic E-state index is 0.0434. The van der Waals surface area contributed by atoms with Gasteiger partial charge in [-0.1, -0.05) is 23.6 Å². The van der Waals surface area contributed by atoms with Crippen LogP contribution in [-0.2, 0) is 4.79 Å². The van der Waals surface area contributed by atoms with Crippen LogP contribution in [0.15, 0.2) is 18.2 Å². The van der Waals surface area contributed by atoms with E-state index in [0.29, 0.717) is 19.5 Å². The lowest BCUT2D eigenvalue weighted by Crippen LogP contribution is -2.47. The van der Waals surface area contributed by atoms with Gasteiger partial charge in [0.25, 0.3) is 5.91 Å². The summed E-state index contributed by atoms with van der Waals surface area (Å²) in [6, 6.07) is 6.01. The zero-order chi connectivity index (χ0) is 20.6. The summed E-state index contributed by atoms with van der Waals surface area (Å²) in [6.07, 6.45) is 4.19. The number of nitrogens with zero attached hydrogens (tertiary/aromatic N) is 3. The Morgan fingerprint density at radius 3 is 2.24 bits per heavy atom. The van der Waals surface area contributed by atoms with Crippen molar-refractivity contribution in [1.82, 2.24) is 20.0 Å². The van der Waals surface area contributed by atoms with Crippen molar-refractivity contribution in [1.29, 1.82) is 0 Å². The van der Waals surface area contributed by atoms with Crippen LogP contribution in [0.2, 0.25) is 0 Å². The van der Waals surface area contributed by atoms with E-state index in [1.54, 1.807) is 0 Å². The van der Waals surface area contributed by atoms with E-state index >= 15 is 0 Å². The lowest BCUT2D eigenvalue weighted by Gasteiger charge is -2.31. The van der Waals surface area contributed by atoms with E-state index < -0.39 is 0 Å². The Morgan fingerprint density at radius 2 is 1.59 bits per heavy atom. The topological polar surface area (TPSA) is 55.9 Å². The first-order valence-corrected chi connectivity index (χ1v) is 11.1. The first kappa shape index (κ1) is 21.8. The molecule has 1 N–H and O–H groups in total. The van der Waals surface area contributed by atoms with Crippen molar-refractivity contribution in [2.75, 3.05) is 58.9 Å². The van der Waals surface area contributed by atoms with E-state index in [4.69, 9.17) is 0 Å². The third-order valence-corrected chi connectivity index (χ3v) is 5.96. The van der Waals surface area contributed by atoms with Gasteiger partial charge in [-0.25, -0.2) is 0 Å². The molecule has 2 heterocycles. The molecule has 0 atom stereocenters. The minimum Gasteiger partial charge on any atom is -0.340 e. The van der Waals surface area contributed by atoms with Crippen molar-refractivity contribution in [3.05, 3.63) is 34.9 Å². The third kappa shape index (κ3) is 6.54. The van der Waals surface area contributed by atoms with Gasteiger partial charge in [0.15, 0.2) is 0 Å². The summed E-state index contributed by atoms with van der Waals surface area (Å²) in [5, 5.41) is 3.28. The third-order valence-electron chi connectivity index (χ3n) is 5.96. The molecular weight excluding hydrogens is 364 g/mol. The van der Waals surface area contributed by atoms with Crippen LogP contribution in [0, 0.1) is 13.8 Å². The summed E-state index contributed by atoms with van der Waals surface area (Å²) in [5.74, 6) is 0.199. The molecule has 0 bridgehead atoms. The molecule has 0 unspecified atom stereocenters. The Balaban J connectivity index is 1.64. The molecule has 1 aromatic carbocycles. The monoisotopic (exact) mass is 400 g/mol. The molecule has 0 saturated carbocycles. The molecule has 0 aromatic heterocycles. The highest BCUT2D eigenvalue weighted by Gasteiger charge is 2.22. The Labute approximate surface area is 175 Å². The predicted octanol–water partition coefficient (Wildman–Crippen LogP) is 2.05. The van der Waals surface area contributed by atoms with Crippen molar-refractivity contribution in [3.63, 3.8) is 0 Å². The van der Waals surface area contributed by atoms with Gasteiger partial charge in [-0.05, 0) is 51.9 Å². The molecule has 2 aliphatic rings. The van der Waals surface area contributed by atoms with Crippen LogP contribution >= 0.6 is 0 Å². The van der Waals surface area contributed by atoms with Gasteiger partial charge in [0.2, 0.25) is 5.91 Å². The van der Waals surface area contributed by atoms with E-state index in [9.17, 15) is 9.59 Å². The molecule has 3 rings (SSSR count). The SMILES string of the molecule is Cc1cc(C)cc(C(=O)N(CCC(=O)N2CCNCC2)CCN2CCCCC2)c1. The zero-order valence-electron chi connectivity index (χ0n) is 18.1. The molecule has 0 spiro atoms. The number of likely N-dealkylation sites (tertiary alicyclic amines) is 1. The summed E-state index contributed by atoms with van der Waals surface area (Å²) >= 11 is 0. The van der Waals surface area contributed by atoms with Crippen LogP contribution in [-0.4, -0.2) is 85.4 Å². The van der Waals surface area contributed by atoms with Crippen molar-refractivity contribution >= 4 is 11.8 Å². The van der Waals surface area contributed by atoms with E-state index in [2.05, 4.69) is 16.3 Å². The summed E-state index contributed by atoms with van der Waals surface area (Å²) in [4.78, 5) is 32.2. The van der Waals surface area contributed by atoms with E-state index in [-0.39, 0.29) is 11.8 Å². The maximum atomic E-state index is 13.3. The van der Waals surface area contributed by atoms with E-state index in [1.165, 1.54) is 19.3 Å². The van der Waals surface area contributed by atoms with Crippen LogP contribution in [0.1, 0.15) is 47.2 Å². The average molecular weight is 401 g/mol. The molecule has 0 aliphatic carbocycles. The number of piperazine rings is 1. The molecule has 0 radical (unpaired) electrons. The van der Waals surface area contributed by atoms with Gasteiger partial charge < -0.3 is 20.0 Å². The number of benzene rings is 1. The summed E-state index contributed by atoms with van der Waals surface area (Å²) < 4.78 is 0. The van der Waals surface area contributed by atoms with Crippen LogP contribution in [0.5, 0.6) is 0 Å². The maximum absolute atomic E-state index is 13.3. The van der Waals surface area contributed by atoms with Crippen molar-refractivity contribution in [2.24, 2.45) is 0 Å². The van der Waals surface area contributed by atoms with Gasteiger partial charge in [0.05, 0.1) is 0 Å². The molecule has 6 nitrogen and oxygen atoms in total. The number of aryl methyl sites for hydroxylation is 2. The molecule has 6 heteroatoms. The Morgan fingerprint density at radius 1 is 0.931 bits per heavy atom. The average Bonchev–Trinajstić information content (AvgIpc) is 2.74. The van der Waals surface area contributed by atoms with Crippen molar-refractivity contribution in [2.45, 2.75) is 39.5 Å². The highest BCUT2D eigenvalue weighted by atomic mass is 16.2. The van der Waals surface area contributed by atoms with E-state index in [0.717, 1.165) is 62.5 Å². The Hall–Kier alpha value is -1.92. The Bertz CT molecular complexity index is 674. The second-order valence-corrected chi connectivity index (χ2v) is 8.45. The quantitative estimate of drug-likeness (QED) is 0.761. The normalized spacial score (nSPS) is 17.9. The zero-order valence-corrected chi connectivity index (χ0v) is 18.1. The lowest BCUT2D eigenvalue weighted by molar-refractivity contribution is -0.131. The molecule has 160 valence electrons. The number of piperidine rings is 1. The molecule has 2 saturated heterocycles. The standard InChI is InChI=1S/C23H36N4O2/c1-19-16-20(2)18-21(17-19)23(29)27(15-14-25-9-4-3-5-10-25)11-6-22(28)26-12-7-24-8-13-26/h16-18,24H,3-15H2,1-2H3. The van der Waals surface area contributed by atoms with E-state index in [1.807, 2.05) is 35.8 Å². The van der Waals surface area contributed by atoms with Crippen LogP contribution in [0.3, 0.4) is 0 Å². The van der Waals surface area contributed by atoms with Crippen molar-refractivity contribution < 1.29 is 9.59 Å². The molecule has 2 aliphatic heterocycles. The fourth-order valence-corrected chi connectivity index (χ4v) is 4.34.